The summed E-state index contributed by atoms with van der Waals surface area (Å²) in [5.74, 6) is 1.91. The zero-order valence-electron chi connectivity index (χ0n) is 33.6. The van der Waals surface area contributed by atoms with Gasteiger partial charge in [0.1, 0.15) is 0 Å². The molecule has 12 rings (SSSR count). The molecule has 1 aliphatic carbocycles. The molecule has 0 saturated heterocycles. The van der Waals surface area contributed by atoms with Crippen LogP contribution in [-0.4, -0.2) is 15.0 Å². The number of thiophene rings is 1. The molecule has 0 atom stereocenters. The van der Waals surface area contributed by atoms with Crippen LogP contribution in [0.15, 0.2) is 224 Å². The summed E-state index contributed by atoms with van der Waals surface area (Å²) in [4.78, 5) is 15.6. The van der Waals surface area contributed by atoms with Crippen molar-refractivity contribution >= 4 is 31.5 Å². The third-order valence-electron chi connectivity index (χ3n) is 12.4. The average molecular weight is 808 g/mol. The Morgan fingerprint density at radius 3 is 1.26 bits per heavy atom. The van der Waals surface area contributed by atoms with Gasteiger partial charge >= 0.3 is 0 Å². The average Bonchev–Trinajstić information content (AvgIpc) is 3.88. The largest absolute Gasteiger partial charge is 0.208 e. The number of rotatable bonds is 7. The molecule has 9 aromatic carbocycles. The fraction of sp³-hybridized carbons (Fsp3) is 0.0172. The minimum atomic E-state index is -0.447. The lowest BCUT2D eigenvalue weighted by Gasteiger charge is -2.33. The van der Waals surface area contributed by atoms with E-state index < -0.39 is 5.41 Å². The van der Waals surface area contributed by atoms with Crippen LogP contribution in [-0.2, 0) is 5.41 Å². The molecule has 0 spiro atoms. The number of fused-ring (bicyclic) bond motifs is 6. The van der Waals surface area contributed by atoms with Crippen LogP contribution in [0.5, 0.6) is 0 Å². The van der Waals surface area contributed by atoms with Crippen LogP contribution >= 0.6 is 11.3 Å². The first-order valence-electron chi connectivity index (χ1n) is 21.0. The fourth-order valence-corrected chi connectivity index (χ4v) is 10.7. The molecule has 0 radical (unpaired) electrons. The van der Waals surface area contributed by atoms with Crippen molar-refractivity contribution < 1.29 is 0 Å². The molecule has 0 saturated carbocycles. The smallest absolute Gasteiger partial charge is 0.164 e. The van der Waals surface area contributed by atoms with Crippen LogP contribution in [0.2, 0.25) is 0 Å². The van der Waals surface area contributed by atoms with Crippen LogP contribution < -0.4 is 0 Å². The summed E-state index contributed by atoms with van der Waals surface area (Å²) in [6.07, 6.45) is 0. The number of aromatic nitrogens is 3. The van der Waals surface area contributed by atoms with Gasteiger partial charge in [-0.2, -0.15) is 0 Å². The standard InChI is InChI=1S/C58H37N3S/c1-4-16-38(17-5-1)40-20-14-22-42(34-40)55-59-56(43-23-15-21-41(35-43)39-18-6-2-7-19-39)61-57(60-55)44-30-32-49-50-33-31-46(37-54(50)62-53(49)36-44)58(45-24-8-3-9-25-45)51-28-12-10-26-47(51)48-27-11-13-29-52(48)58/h1-37H. The van der Waals surface area contributed by atoms with Gasteiger partial charge in [-0.25, -0.2) is 15.0 Å². The van der Waals surface area contributed by atoms with E-state index in [1.165, 1.54) is 53.6 Å². The molecule has 0 unspecified atom stereocenters. The summed E-state index contributed by atoms with van der Waals surface area (Å²) in [7, 11) is 0. The Morgan fingerprint density at radius 2 is 0.710 bits per heavy atom. The Kier molecular flexibility index (Phi) is 8.58. The Hall–Kier alpha value is -7.79. The number of hydrogen-bond donors (Lipinski definition) is 0. The molecular weight excluding hydrogens is 771 g/mol. The minimum absolute atomic E-state index is 0.447. The maximum Gasteiger partial charge on any atom is 0.164 e. The van der Waals surface area contributed by atoms with E-state index in [1.807, 2.05) is 23.5 Å². The van der Waals surface area contributed by atoms with Gasteiger partial charge in [-0.05, 0) is 79.9 Å². The van der Waals surface area contributed by atoms with Crippen molar-refractivity contribution in [1.82, 2.24) is 15.0 Å². The highest BCUT2D eigenvalue weighted by Gasteiger charge is 2.46. The van der Waals surface area contributed by atoms with Gasteiger partial charge in [-0.15, -0.1) is 11.3 Å². The lowest BCUT2D eigenvalue weighted by atomic mass is 9.67. The van der Waals surface area contributed by atoms with Crippen molar-refractivity contribution in [2.75, 3.05) is 0 Å². The zero-order chi connectivity index (χ0) is 41.0. The molecule has 1 aliphatic rings. The van der Waals surface area contributed by atoms with Gasteiger partial charge in [-0.3, -0.25) is 0 Å². The summed E-state index contributed by atoms with van der Waals surface area (Å²) >= 11 is 1.83. The number of nitrogens with zero attached hydrogens (tertiary/aromatic N) is 3. The maximum absolute atomic E-state index is 5.21. The van der Waals surface area contributed by atoms with Gasteiger partial charge < -0.3 is 0 Å². The molecule has 2 heterocycles. The number of benzene rings is 9. The summed E-state index contributed by atoms with van der Waals surface area (Å²) < 4.78 is 2.44. The SMILES string of the molecule is c1ccc(-c2cccc(-c3nc(-c4cccc(-c5ccccc5)c4)nc(-c4ccc5c(c4)sc4cc(C6(c7ccccc7)c7ccccc7-c7ccccc76)ccc45)n3)c2)cc1. The van der Waals surface area contributed by atoms with Crippen molar-refractivity contribution in [3.63, 3.8) is 0 Å². The summed E-state index contributed by atoms with van der Waals surface area (Å²) in [5.41, 5.74) is 14.7. The van der Waals surface area contributed by atoms with Gasteiger partial charge in [0, 0.05) is 36.9 Å². The second kappa shape index (κ2) is 14.7. The van der Waals surface area contributed by atoms with Crippen LogP contribution in [0.4, 0.5) is 0 Å². The van der Waals surface area contributed by atoms with Crippen molar-refractivity contribution in [3.8, 4) is 67.5 Å². The lowest BCUT2D eigenvalue weighted by molar-refractivity contribution is 0.770. The van der Waals surface area contributed by atoms with Crippen molar-refractivity contribution in [1.29, 1.82) is 0 Å². The van der Waals surface area contributed by atoms with Crippen LogP contribution in [0, 0.1) is 0 Å². The second-order valence-electron chi connectivity index (χ2n) is 15.9. The van der Waals surface area contributed by atoms with E-state index in [0.717, 1.165) is 38.9 Å². The highest BCUT2D eigenvalue weighted by atomic mass is 32.1. The summed E-state index contributed by atoms with van der Waals surface area (Å²) in [6, 6.07) is 80.5. The molecule has 2 aromatic heterocycles. The van der Waals surface area contributed by atoms with E-state index in [-0.39, 0.29) is 0 Å². The van der Waals surface area contributed by atoms with Gasteiger partial charge in [-0.1, -0.05) is 200 Å². The van der Waals surface area contributed by atoms with E-state index in [2.05, 4.69) is 212 Å². The van der Waals surface area contributed by atoms with E-state index in [0.29, 0.717) is 17.5 Å². The first-order valence-corrected chi connectivity index (χ1v) is 21.8. The van der Waals surface area contributed by atoms with E-state index in [9.17, 15) is 0 Å². The predicted molar refractivity (Wildman–Crippen MR) is 257 cm³/mol. The fourth-order valence-electron chi connectivity index (χ4n) is 9.56. The summed E-state index contributed by atoms with van der Waals surface area (Å²) in [6.45, 7) is 0. The van der Waals surface area contributed by atoms with Crippen LogP contribution in [0.3, 0.4) is 0 Å². The Balaban J connectivity index is 1.01. The molecule has 0 amide bonds. The first-order chi connectivity index (χ1) is 30.7. The molecule has 4 heteroatoms. The topological polar surface area (TPSA) is 38.7 Å². The van der Waals surface area contributed by atoms with Gasteiger partial charge in [0.25, 0.3) is 0 Å². The molecule has 62 heavy (non-hydrogen) atoms. The normalized spacial score (nSPS) is 12.6. The molecule has 3 nitrogen and oxygen atoms in total. The van der Waals surface area contributed by atoms with Crippen molar-refractivity contribution in [2.45, 2.75) is 5.41 Å². The first kappa shape index (κ1) is 36.1. The Bertz CT molecular complexity index is 3320. The summed E-state index contributed by atoms with van der Waals surface area (Å²) in [5, 5.41) is 2.47. The Morgan fingerprint density at radius 1 is 0.290 bits per heavy atom. The highest BCUT2D eigenvalue weighted by molar-refractivity contribution is 7.25. The quantitative estimate of drug-likeness (QED) is 0.161. The second-order valence-corrected chi connectivity index (χ2v) is 17.0. The molecular formula is C58H37N3S. The third kappa shape index (κ3) is 5.91. The van der Waals surface area contributed by atoms with E-state index >= 15 is 0 Å². The minimum Gasteiger partial charge on any atom is -0.208 e. The van der Waals surface area contributed by atoms with Crippen LogP contribution in [0.1, 0.15) is 22.3 Å². The molecule has 0 bridgehead atoms. The maximum atomic E-state index is 5.21. The van der Waals surface area contributed by atoms with E-state index in [4.69, 9.17) is 15.0 Å². The number of hydrogen-bond acceptors (Lipinski definition) is 4. The van der Waals surface area contributed by atoms with Gasteiger partial charge in [0.05, 0.1) is 5.41 Å². The van der Waals surface area contributed by atoms with Gasteiger partial charge in [0.15, 0.2) is 17.5 Å². The predicted octanol–water partition coefficient (Wildman–Crippen LogP) is 14.9. The third-order valence-corrected chi connectivity index (χ3v) is 13.5. The molecule has 0 aliphatic heterocycles. The monoisotopic (exact) mass is 807 g/mol. The molecule has 11 aromatic rings. The zero-order valence-corrected chi connectivity index (χ0v) is 34.4. The van der Waals surface area contributed by atoms with Crippen molar-refractivity contribution in [2.24, 2.45) is 0 Å². The molecule has 290 valence electrons. The molecule has 0 fully saturated rings. The molecule has 0 N–H and O–H groups in total. The van der Waals surface area contributed by atoms with Crippen LogP contribution in [0.25, 0.3) is 87.7 Å². The van der Waals surface area contributed by atoms with Gasteiger partial charge in [0.2, 0.25) is 0 Å². The van der Waals surface area contributed by atoms with Crippen molar-refractivity contribution in [3.05, 3.63) is 247 Å². The van der Waals surface area contributed by atoms with E-state index in [1.54, 1.807) is 0 Å². The lowest BCUT2D eigenvalue weighted by Crippen LogP contribution is -2.28. The Labute approximate surface area is 364 Å². The highest BCUT2D eigenvalue weighted by Crippen LogP contribution is 2.56.